The van der Waals surface area contributed by atoms with Crippen molar-refractivity contribution >= 4 is 21.6 Å². The highest BCUT2D eigenvalue weighted by atomic mass is 32.1. The van der Waals surface area contributed by atoms with Crippen LogP contribution in [-0.2, 0) is 0 Å². The molecule has 0 aliphatic heterocycles. The van der Waals surface area contributed by atoms with Crippen LogP contribution in [0.5, 0.6) is 5.19 Å². The Balaban J connectivity index is 2.10. The van der Waals surface area contributed by atoms with Crippen LogP contribution in [0, 0.1) is 0 Å². The molecule has 0 fully saturated rings. The zero-order valence-electron chi connectivity index (χ0n) is 9.56. The van der Waals surface area contributed by atoms with Crippen molar-refractivity contribution in [2.75, 3.05) is 6.61 Å². The van der Waals surface area contributed by atoms with E-state index in [1.807, 2.05) is 31.2 Å². The monoisotopic (exact) mass is 236 g/mol. The van der Waals surface area contributed by atoms with Crippen molar-refractivity contribution in [2.45, 2.75) is 25.8 Å². The van der Waals surface area contributed by atoms with Gasteiger partial charge in [-0.05, 0) is 25.5 Å². The molecule has 1 aromatic heterocycles. The van der Waals surface area contributed by atoms with Crippen LogP contribution in [0.4, 0.5) is 0 Å². The number of nitrogens with two attached hydrogens (primary N) is 1. The van der Waals surface area contributed by atoms with Gasteiger partial charge < -0.3 is 10.5 Å². The Bertz CT molecular complexity index is 446. The first-order valence-electron chi connectivity index (χ1n) is 5.38. The summed E-state index contributed by atoms with van der Waals surface area (Å²) in [7, 11) is 0. The van der Waals surface area contributed by atoms with Gasteiger partial charge in [-0.25, -0.2) is 4.98 Å². The minimum Gasteiger partial charge on any atom is -0.468 e. The summed E-state index contributed by atoms with van der Waals surface area (Å²) in [6, 6.07) is 8.01. The summed E-state index contributed by atoms with van der Waals surface area (Å²) in [5.74, 6) is 0. The van der Waals surface area contributed by atoms with Crippen molar-refractivity contribution in [3.05, 3.63) is 24.3 Å². The Morgan fingerprint density at radius 1 is 1.44 bits per heavy atom. The number of ether oxygens (including phenoxy) is 1. The number of nitrogens with zero attached hydrogens (tertiary/aromatic N) is 1. The van der Waals surface area contributed by atoms with Gasteiger partial charge in [-0.1, -0.05) is 30.4 Å². The average Bonchev–Trinajstić information content (AvgIpc) is 2.69. The van der Waals surface area contributed by atoms with Crippen molar-refractivity contribution in [1.29, 1.82) is 0 Å². The Hall–Kier alpha value is -1.13. The number of thiazole rings is 1. The van der Waals surface area contributed by atoms with Gasteiger partial charge in [0.2, 0.25) is 0 Å². The normalized spacial score (nSPS) is 14.9. The van der Waals surface area contributed by atoms with Gasteiger partial charge in [-0.15, -0.1) is 0 Å². The second-order valence-corrected chi connectivity index (χ2v) is 5.24. The van der Waals surface area contributed by atoms with Crippen molar-refractivity contribution in [1.82, 2.24) is 4.98 Å². The lowest BCUT2D eigenvalue weighted by molar-refractivity contribution is 0.225. The van der Waals surface area contributed by atoms with Crippen LogP contribution >= 0.6 is 11.3 Å². The molecule has 0 saturated carbocycles. The lowest BCUT2D eigenvalue weighted by Crippen LogP contribution is -2.41. The fraction of sp³-hybridized carbons (Fsp3) is 0.417. The fourth-order valence-corrected chi connectivity index (χ4v) is 2.06. The molecule has 0 spiro atoms. The van der Waals surface area contributed by atoms with Gasteiger partial charge in [0.1, 0.15) is 6.61 Å². The molecule has 0 aliphatic carbocycles. The van der Waals surface area contributed by atoms with Gasteiger partial charge in [0.25, 0.3) is 5.19 Å². The number of para-hydroxylation sites is 1. The van der Waals surface area contributed by atoms with Crippen LogP contribution in [0.2, 0.25) is 0 Å². The largest absolute Gasteiger partial charge is 0.468 e. The first-order chi connectivity index (χ1) is 7.61. The molecule has 0 saturated heterocycles. The van der Waals surface area contributed by atoms with Gasteiger partial charge >= 0.3 is 0 Å². The molecule has 2 rings (SSSR count). The molecule has 1 aromatic carbocycles. The number of hydrogen-bond acceptors (Lipinski definition) is 4. The summed E-state index contributed by atoms with van der Waals surface area (Å²) >= 11 is 1.56. The summed E-state index contributed by atoms with van der Waals surface area (Å²) in [5.41, 5.74) is 6.71. The second-order valence-electron chi connectivity index (χ2n) is 4.24. The van der Waals surface area contributed by atoms with Crippen molar-refractivity contribution < 1.29 is 4.74 Å². The molecule has 4 heteroatoms. The van der Waals surface area contributed by atoms with Gasteiger partial charge in [-0.2, -0.15) is 0 Å². The standard InChI is InChI=1S/C12H16N2OS/c1-3-12(2,13)8-15-11-14-9-6-4-5-7-10(9)16-11/h4-7H,3,8,13H2,1-2H3. The van der Waals surface area contributed by atoms with Gasteiger partial charge in [0.05, 0.1) is 10.2 Å². The van der Waals surface area contributed by atoms with Crippen LogP contribution in [0.1, 0.15) is 20.3 Å². The Kier molecular flexibility index (Phi) is 3.12. The SMILES string of the molecule is CCC(C)(N)COc1nc2ccccc2s1. The molecule has 2 N–H and O–H groups in total. The fourth-order valence-electron chi connectivity index (χ4n) is 1.24. The Morgan fingerprint density at radius 2 is 2.19 bits per heavy atom. The molecule has 1 heterocycles. The minimum atomic E-state index is -0.280. The summed E-state index contributed by atoms with van der Waals surface area (Å²) in [4.78, 5) is 4.39. The number of hydrogen-bond donors (Lipinski definition) is 1. The highest BCUT2D eigenvalue weighted by Gasteiger charge is 2.17. The van der Waals surface area contributed by atoms with Crippen LogP contribution in [-0.4, -0.2) is 17.1 Å². The van der Waals surface area contributed by atoms with Crippen molar-refractivity contribution in [3.63, 3.8) is 0 Å². The van der Waals surface area contributed by atoms with Gasteiger partial charge in [0, 0.05) is 5.54 Å². The number of benzene rings is 1. The number of fused-ring (bicyclic) bond motifs is 1. The van der Waals surface area contributed by atoms with E-state index in [-0.39, 0.29) is 5.54 Å². The molecule has 2 aromatic rings. The zero-order chi connectivity index (χ0) is 11.6. The predicted octanol–water partition coefficient (Wildman–Crippen LogP) is 2.80. The summed E-state index contributed by atoms with van der Waals surface area (Å²) < 4.78 is 6.78. The highest BCUT2D eigenvalue weighted by Crippen LogP contribution is 2.27. The Morgan fingerprint density at radius 3 is 2.88 bits per heavy atom. The molecule has 0 radical (unpaired) electrons. The first-order valence-corrected chi connectivity index (χ1v) is 6.19. The number of aromatic nitrogens is 1. The summed E-state index contributed by atoms with van der Waals surface area (Å²) in [5, 5.41) is 0.700. The minimum absolute atomic E-state index is 0.280. The Labute approximate surface area is 99.3 Å². The molecule has 1 atom stereocenters. The van der Waals surface area contributed by atoms with Gasteiger partial charge in [-0.3, -0.25) is 0 Å². The first kappa shape index (κ1) is 11.4. The molecule has 86 valence electrons. The quantitative estimate of drug-likeness (QED) is 0.888. The van der Waals surface area contributed by atoms with E-state index in [9.17, 15) is 0 Å². The lowest BCUT2D eigenvalue weighted by atomic mass is 10.0. The molecule has 16 heavy (non-hydrogen) atoms. The van der Waals surface area contributed by atoms with Crippen LogP contribution < -0.4 is 10.5 Å². The molecule has 0 bridgehead atoms. The number of rotatable bonds is 4. The maximum atomic E-state index is 6.01. The van der Waals surface area contributed by atoms with Crippen molar-refractivity contribution in [3.8, 4) is 5.19 Å². The third-order valence-corrected chi connectivity index (χ3v) is 3.56. The topological polar surface area (TPSA) is 48.1 Å². The van der Waals surface area contributed by atoms with E-state index in [1.54, 1.807) is 11.3 Å². The maximum Gasteiger partial charge on any atom is 0.274 e. The molecular weight excluding hydrogens is 220 g/mol. The molecule has 0 aliphatic rings. The van der Waals surface area contributed by atoms with E-state index in [1.165, 1.54) is 0 Å². The van der Waals surface area contributed by atoms with E-state index >= 15 is 0 Å². The van der Waals surface area contributed by atoms with Crippen LogP contribution in [0.3, 0.4) is 0 Å². The van der Waals surface area contributed by atoms with E-state index in [0.29, 0.717) is 11.8 Å². The van der Waals surface area contributed by atoms with E-state index in [0.717, 1.165) is 16.6 Å². The summed E-state index contributed by atoms with van der Waals surface area (Å²) in [6.45, 7) is 4.55. The second kappa shape index (κ2) is 4.39. The zero-order valence-corrected chi connectivity index (χ0v) is 10.4. The van der Waals surface area contributed by atoms with Crippen LogP contribution in [0.15, 0.2) is 24.3 Å². The smallest absolute Gasteiger partial charge is 0.274 e. The van der Waals surface area contributed by atoms with Crippen LogP contribution in [0.25, 0.3) is 10.2 Å². The molecule has 0 amide bonds. The third-order valence-electron chi connectivity index (χ3n) is 2.61. The summed E-state index contributed by atoms with van der Waals surface area (Å²) in [6.07, 6.45) is 0.887. The predicted molar refractivity (Wildman–Crippen MR) is 68.0 cm³/mol. The molecule has 3 nitrogen and oxygen atoms in total. The molecular formula is C12H16N2OS. The van der Waals surface area contributed by atoms with Crippen molar-refractivity contribution in [2.24, 2.45) is 5.73 Å². The molecule has 1 unspecified atom stereocenters. The average molecular weight is 236 g/mol. The van der Waals surface area contributed by atoms with E-state index in [2.05, 4.69) is 11.9 Å². The van der Waals surface area contributed by atoms with Gasteiger partial charge in [0.15, 0.2) is 0 Å². The highest BCUT2D eigenvalue weighted by molar-refractivity contribution is 7.20. The van der Waals surface area contributed by atoms with E-state index in [4.69, 9.17) is 10.5 Å². The maximum absolute atomic E-state index is 6.01. The van der Waals surface area contributed by atoms with E-state index < -0.39 is 0 Å². The lowest BCUT2D eigenvalue weighted by Gasteiger charge is -2.21. The third kappa shape index (κ3) is 2.51.